The summed E-state index contributed by atoms with van der Waals surface area (Å²) in [6.07, 6.45) is 2.55. The smallest absolute Gasteiger partial charge is 0.197 e. The largest absolute Gasteiger partial charge is 0.376 e. The first-order chi connectivity index (χ1) is 10.0. The molecule has 0 amide bonds. The van der Waals surface area contributed by atoms with E-state index in [0.717, 1.165) is 12.8 Å². The van der Waals surface area contributed by atoms with Crippen LogP contribution < -0.4 is 11.1 Å². The van der Waals surface area contributed by atoms with Gasteiger partial charge in [0, 0.05) is 0 Å². The number of imidazole rings is 1. The second kappa shape index (κ2) is 5.63. The molecule has 4 N–H and O–H groups in total. The van der Waals surface area contributed by atoms with E-state index in [1.54, 1.807) is 6.33 Å². The number of aliphatic hydroxyl groups is 1. The zero-order valence-electron chi connectivity index (χ0n) is 12.2. The normalized spacial score (nSPS) is 28.4. The number of anilines is 1. The lowest BCUT2D eigenvalue weighted by atomic mass is 10.2. The van der Waals surface area contributed by atoms with E-state index in [1.165, 1.54) is 0 Å². The number of aromatic nitrogens is 2. The Balaban J connectivity index is 1.70. The van der Waals surface area contributed by atoms with Crippen molar-refractivity contribution in [2.75, 3.05) is 11.9 Å². The van der Waals surface area contributed by atoms with Crippen molar-refractivity contribution in [2.45, 2.75) is 51.4 Å². The summed E-state index contributed by atoms with van der Waals surface area (Å²) in [6, 6.07) is 0. The number of fused-ring (bicyclic) bond motifs is 1. The van der Waals surface area contributed by atoms with Crippen LogP contribution in [0.3, 0.4) is 0 Å². The number of nitrogens with zero attached hydrogens (tertiary/aromatic N) is 3. The lowest BCUT2D eigenvalue weighted by Crippen LogP contribution is -2.30. The van der Waals surface area contributed by atoms with Crippen LogP contribution in [0.4, 0.5) is 5.82 Å². The lowest BCUT2D eigenvalue weighted by Gasteiger charge is -2.21. The number of nitrogens with one attached hydrogen (secondary N) is 1. The number of ether oxygens (including phenoxy) is 2. The monoisotopic (exact) mass is 295 g/mol. The summed E-state index contributed by atoms with van der Waals surface area (Å²) in [4.78, 5) is 8.02. The highest BCUT2D eigenvalue weighted by atomic mass is 16.6. The van der Waals surface area contributed by atoms with Gasteiger partial charge in [0.1, 0.15) is 17.7 Å². The molecule has 21 heavy (non-hydrogen) atoms. The third-order valence-electron chi connectivity index (χ3n) is 3.59. The Morgan fingerprint density at radius 1 is 1.57 bits per heavy atom. The SMILES string of the molecule is CC(C)OC[C@@H]1CC[C@@H](n2cnc3c2NC(N)=NC3O)O1. The average molecular weight is 295 g/mol. The molecule has 8 nitrogen and oxygen atoms in total. The molecule has 1 aromatic heterocycles. The number of hydrogen-bond acceptors (Lipinski definition) is 7. The van der Waals surface area contributed by atoms with Gasteiger partial charge < -0.3 is 25.6 Å². The van der Waals surface area contributed by atoms with E-state index in [4.69, 9.17) is 15.2 Å². The fraction of sp³-hybridized carbons (Fsp3) is 0.692. The minimum absolute atomic E-state index is 0.0787. The van der Waals surface area contributed by atoms with Gasteiger partial charge in [-0.15, -0.1) is 0 Å². The second-order valence-electron chi connectivity index (χ2n) is 5.57. The summed E-state index contributed by atoms with van der Waals surface area (Å²) in [5.41, 5.74) is 6.12. The maximum Gasteiger partial charge on any atom is 0.197 e. The quantitative estimate of drug-likeness (QED) is 0.755. The predicted octanol–water partition coefficient (Wildman–Crippen LogP) is 0.717. The molecule has 3 heterocycles. The molecule has 1 saturated heterocycles. The molecule has 0 radical (unpaired) electrons. The third kappa shape index (κ3) is 2.87. The highest BCUT2D eigenvalue weighted by molar-refractivity contribution is 5.93. The zero-order valence-corrected chi connectivity index (χ0v) is 12.2. The maximum atomic E-state index is 9.84. The number of aliphatic imine (C=N–C) groups is 1. The standard InChI is InChI=1S/C13H21N5O3/c1-7(2)20-5-8-3-4-9(21-8)18-6-15-10-11(18)16-13(14)17-12(10)19/h6-9,12,19H,3-5H2,1-2H3,(H3,14,16,17)/t8-,9-,12?/m0/s1. The topological polar surface area (TPSA) is 107 Å². The van der Waals surface area contributed by atoms with Gasteiger partial charge in [-0.3, -0.25) is 4.57 Å². The molecule has 0 aromatic carbocycles. The van der Waals surface area contributed by atoms with E-state index in [1.807, 2.05) is 18.4 Å². The van der Waals surface area contributed by atoms with Crippen LogP contribution in [0.5, 0.6) is 0 Å². The number of rotatable bonds is 4. The van der Waals surface area contributed by atoms with Crippen LogP contribution >= 0.6 is 0 Å². The Kier molecular flexibility index (Phi) is 3.83. The average Bonchev–Trinajstić information content (AvgIpc) is 3.02. The Labute approximate surface area is 123 Å². The van der Waals surface area contributed by atoms with Gasteiger partial charge in [0.15, 0.2) is 12.2 Å². The van der Waals surface area contributed by atoms with E-state index < -0.39 is 6.23 Å². The molecule has 116 valence electrons. The second-order valence-corrected chi connectivity index (χ2v) is 5.57. The molecule has 0 saturated carbocycles. The van der Waals surface area contributed by atoms with Crippen molar-refractivity contribution in [1.82, 2.24) is 9.55 Å². The first kappa shape index (κ1) is 14.3. The van der Waals surface area contributed by atoms with Crippen molar-refractivity contribution >= 4 is 11.8 Å². The third-order valence-corrected chi connectivity index (χ3v) is 3.59. The first-order valence-corrected chi connectivity index (χ1v) is 7.16. The molecule has 2 aliphatic heterocycles. The van der Waals surface area contributed by atoms with Crippen LogP contribution in [0.1, 0.15) is 44.8 Å². The number of guanidine groups is 1. The van der Waals surface area contributed by atoms with E-state index in [-0.39, 0.29) is 24.4 Å². The minimum Gasteiger partial charge on any atom is -0.376 e. The highest BCUT2D eigenvalue weighted by Gasteiger charge is 2.31. The van der Waals surface area contributed by atoms with Crippen molar-refractivity contribution in [3.63, 3.8) is 0 Å². The van der Waals surface area contributed by atoms with Crippen molar-refractivity contribution < 1.29 is 14.6 Å². The molecule has 1 fully saturated rings. The summed E-state index contributed by atoms with van der Waals surface area (Å²) in [7, 11) is 0. The maximum absolute atomic E-state index is 9.84. The van der Waals surface area contributed by atoms with Gasteiger partial charge in [-0.2, -0.15) is 0 Å². The van der Waals surface area contributed by atoms with E-state index >= 15 is 0 Å². The first-order valence-electron chi connectivity index (χ1n) is 7.16. The minimum atomic E-state index is -1.02. The van der Waals surface area contributed by atoms with Crippen LogP contribution in [-0.4, -0.2) is 39.4 Å². The van der Waals surface area contributed by atoms with E-state index in [9.17, 15) is 5.11 Å². The summed E-state index contributed by atoms with van der Waals surface area (Å²) in [6.45, 7) is 4.60. The molecule has 0 bridgehead atoms. The molecule has 8 heteroatoms. The molecule has 0 aliphatic carbocycles. The fourth-order valence-electron chi connectivity index (χ4n) is 2.57. The van der Waals surface area contributed by atoms with Crippen molar-refractivity contribution in [1.29, 1.82) is 0 Å². The molecule has 0 spiro atoms. The zero-order chi connectivity index (χ0) is 15.0. The van der Waals surface area contributed by atoms with Crippen molar-refractivity contribution in [3.05, 3.63) is 12.0 Å². The summed E-state index contributed by atoms with van der Waals surface area (Å²) in [5, 5.41) is 12.8. The van der Waals surface area contributed by atoms with Gasteiger partial charge in [0.2, 0.25) is 0 Å². The molecular formula is C13H21N5O3. The molecule has 3 atom stereocenters. The lowest BCUT2D eigenvalue weighted by molar-refractivity contribution is -0.0531. The van der Waals surface area contributed by atoms with E-state index in [2.05, 4.69) is 15.3 Å². The van der Waals surface area contributed by atoms with Crippen molar-refractivity contribution in [3.8, 4) is 0 Å². The highest BCUT2D eigenvalue weighted by Crippen LogP contribution is 2.35. The van der Waals surface area contributed by atoms with Gasteiger partial charge in [0.05, 0.1) is 25.1 Å². The molecule has 2 aliphatic rings. The predicted molar refractivity (Wildman–Crippen MR) is 76.7 cm³/mol. The van der Waals surface area contributed by atoms with Crippen LogP contribution in [0, 0.1) is 0 Å². The van der Waals surface area contributed by atoms with Gasteiger partial charge in [-0.1, -0.05) is 0 Å². The van der Waals surface area contributed by atoms with Gasteiger partial charge in [-0.25, -0.2) is 9.98 Å². The fourth-order valence-corrected chi connectivity index (χ4v) is 2.57. The molecule has 3 rings (SSSR count). The van der Waals surface area contributed by atoms with E-state index in [0.29, 0.717) is 18.1 Å². The van der Waals surface area contributed by atoms with Crippen LogP contribution in [0.25, 0.3) is 0 Å². The number of nitrogens with two attached hydrogens (primary N) is 1. The summed E-state index contributed by atoms with van der Waals surface area (Å²) < 4.78 is 13.4. The Morgan fingerprint density at radius 3 is 3.14 bits per heavy atom. The Hall–Kier alpha value is -1.64. The van der Waals surface area contributed by atoms with Gasteiger partial charge >= 0.3 is 0 Å². The van der Waals surface area contributed by atoms with Crippen LogP contribution in [0.15, 0.2) is 11.3 Å². The Morgan fingerprint density at radius 2 is 2.38 bits per heavy atom. The van der Waals surface area contributed by atoms with Crippen LogP contribution in [0.2, 0.25) is 0 Å². The molecular weight excluding hydrogens is 274 g/mol. The van der Waals surface area contributed by atoms with Gasteiger partial charge in [-0.05, 0) is 26.7 Å². The summed E-state index contributed by atoms with van der Waals surface area (Å²) in [5.74, 6) is 0.819. The number of hydrogen-bond donors (Lipinski definition) is 3. The number of aliphatic hydroxyl groups excluding tert-OH is 1. The van der Waals surface area contributed by atoms with Crippen LogP contribution in [-0.2, 0) is 9.47 Å². The summed E-state index contributed by atoms with van der Waals surface area (Å²) >= 11 is 0. The van der Waals surface area contributed by atoms with Crippen molar-refractivity contribution in [2.24, 2.45) is 10.7 Å². The Bertz CT molecular complexity index is 542. The molecule has 1 unspecified atom stereocenters. The van der Waals surface area contributed by atoms with Gasteiger partial charge in [0.25, 0.3) is 0 Å². The molecule has 1 aromatic rings.